The number of nitrogens with two attached hydrogens (primary N) is 1. The van der Waals surface area contributed by atoms with E-state index in [-0.39, 0.29) is 0 Å². The van der Waals surface area contributed by atoms with Gasteiger partial charge in [-0.3, -0.25) is 0 Å². The highest BCUT2D eigenvalue weighted by atomic mass is 79.9. The van der Waals surface area contributed by atoms with Crippen molar-refractivity contribution in [2.75, 3.05) is 5.73 Å². The van der Waals surface area contributed by atoms with Gasteiger partial charge in [-0.05, 0) is 35.3 Å². The molecule has 0 saturated heterocycles. The summed E-state index contributed by atoms with van der Waals surface area (Å²) in [7, 11) is 0. The Labute approximate surface area is 113 Å². The fourth-order valence-electron chi connectivity index (χ4n) is 1.58. The number of nitrogens with zero attached hydrogens (tertiary/aromatic N) is 2. The lowest BCUT2D eigenvalue weighted by Crippen LogP contribution is -1.99. The van der Waals surface area contributed by atoms with E-state index in [1.54, 1.807) is 11.3 Å². The Morgan fingerprint density at radius 3 is 2.71 bits per heavy atom. The molecule has 0 unspecified atom stereocenters. The van der Waals surface area contributed by atoms with Crippen molar-refractivity contribution < 1.29 is 0 Å². The van der Waals surface area contributed by atoms with Crippen LogP contribution in [0.3, 0.4) is 0 Å². The van der Waals surface area contributed by atoms with E-state index in [1.807, 2.05) is 12.1 Å². The molecule has 0 bridgehead atoms. The minimum atomic E-state index is 0.542. The van der Waals surface area contributed by atoms with Crippen LogP contribution in [-0.4, -0.2) is 9.97 Å². The topological polar surface area (TPSA) is 51.8 Å². The molecule has 0 aliphatic carbocycles. The Bertz CT molecular complexity index is 517. The molecule has 90 valence electrons. The molecule has 5 heteroatoms. The van der Waals surface area contributed by atoms with Crippen LogP contribution in [0, 0.1) is 6.92 Å². The maximum atomic E-state index is 5.81. The van der Waals surface area contributed by atoms with Gasteiger partial charge in [-0.25, -0.2) is 9.97 Å². The number of aromatic nitrogens is 2. The average Bonchev–Trinajstić information content (AvgIpc) is 2.59. The Morgan fingerprint density at radius 1 is 1.35 bits per heavy atom. The Morgan fingerprint density at radius 2 is 2.12 bits per heavy atom. The van der Waals surface area contributed by atoms with Crippen molar-refractivity contribution >= 4 is 33.1 Å². The molecule has 2 rings (SSSR count). The van der Waals surface area contributed by atoms with Crippen LogP contribution in [0.2, 0.25) is 0 Å². The summed E-state index contributed by atoms with van der Waals surface area (Å²) in [5.74, 6) is 1.27. The van der Waals surface area contributed by atoms with Crippen LogP contribution < -0.4 is 5.73 Å². The lowest BCUT2D eigenvalue weighted by atomic mass is 10.2. The summed E-state index contributed by atoms with van der Waals surface area (Å²) < 4.78 is 1.10. The van der Waals surface area contributed by atoms with Crippen molar-refractivity contribution in [3.63, 3.8) is 0 Å². The summed E-state index contributed by atoms with van der Waals surface area (Å²) in [5.41, 5.74) is 6.82. The predicted molar refractivity (Wildman–Crippen MR) is 76.2 cm³/mol. The third kappa shape index (κ3) is 2.84. The van der Waals surface area contributed by atoms with Gasteiger partial charge in [0.25, 0.3) is 0 Å². The van der Waals surface area contributed by atoms with Gasteiger partial charge in [-0.15, -0.1) is 11.3 Å². The van der Waals surface area contributed by atoms with Crippen LogP contribution in [-0.2, 0) is 6.42 Å². The zero-order valence-electron chi connectivity index (χ0n) is 9.83. The van der Waals surface area contributed by atoms with Crippen molar-refractivity contribution in [3.05, 3.63) is 27.2 Å². The second-order valence-corrected chi connectivity index (χ2v) is 5.98. The molecule has 0 amide bonds. The lowest BCUT2D eigenvalue weighted by Gasteiger charge is -2.03. The fourth-order valence-corrected chi connectivity index (χ4v) is 3.05. The van der Waals surface area contributed by atoms with E-state index in [0.717, 1.165) is 33.7 Å². The Hall–Kier alpha value is -0.940. The van der Waals surface area contributed by atoms with E-state index in [2.05, 4.69) is 39.7 Å². The van der Waals surface area contributed by atoms with Crippen LogP contribution in [0.25, 0.3) is 10.7 Å². The van der Waals surface area contributed by atoms with E-state index in [4.69, 9.17) is 5.73 Å². The van der Waals surface area contributed by atoms with Crippen molar-refractivity contribution in [1.82, 2.24) is 9.97 Å². The number of halogens is 1. The molecule has 0 aliphatic rings. The normalized spacial score (nSPS) is 10.8. The molecule has 3 nitrogen and oxygen atoms in total. The maximum absolute atomic E-state index is 5.81. The first-order chi connectivity index (χ1) is 8.10. The SMILES string of the molecule is CCCc1cc(N)nc(-c2cc(Br)c(C)s2)n1. The van der Waals surface area contributed by atoms with Crippen molar-refractivity contribution in [1.29, 1.82) is 0 Å². The first-order valence-electron chi connectivity index (χ1n) is 5.50. The van der Waals surface area contributed by atoms with E-state index in [9.17, 15) is 0 Å². The molecule has 0 saturated carbocycles. The zero-order chi connectivity index (χ0) is 12.4. The molecular formula is C12H14BrN3S. The maximum Gasteiger partial charge on any atom is 0.171 e. The van der Waals surface area contributed by atoms with E-state index >= 15 is 0 Å². The van der Waals surface area contributed by atoms with Crippen molar-refractivity contribution in [2.45, 2.75) is 26.7 Å². The highest BCUT2D eigenvalue weighted by molar-refractivity contribution is 9.10. The number of rotatable bonds is 3. The van der Waals surface area contributed by atoms with Crippen LogP contribution in [0.1, 0.15) is 23.9 Å². The van der Waals surface area contributed by atoms with Gasteiger partial charge in [0.1, 0.15) is 5.82 Å². The molecule has 0 fully saturated rings. The van der Waals surface area contributed by atoms with Gasteiger partial charge in [-0.1, -0.05) is 13.3 Å². The summed E-state index contributed by atoms with van der Waals surface area (Å²) in [4.78, 5) is 11.1. The van der Waals surface area contributed by atoms with Crippen molar-refractivity contribution in [2.24, 2.45) is 0 Å². The summed E-state index contributed by atoms with van der Waals surface area (Å²) in [6.45, 7) is 4.20. The van der Waals surface area contributed by atoms with Gasteiger partial charge < -0.3 is 5.73 Å². The fraction of sp³-hybridized carbons (Fsp3) is 0.333. The van der Waals surface area contributed by atoms with E-state index in [1.165, 1.54) is 4.88 Å². The van der Waals surface area contributed by atoms with Gasteiger partial charge >= 0.3 is 0 Å². The Kier molecular flexibility index (Phi) is 3.79. The minimum absolute atomic E-state index is 0.542. The van der Waals surface area contributed by atoms with Crippen LogP contribution >= 0.6 is 27.3 Å². The number of hydrogen-bond acceptors (Lipinski definition) is 4. The molecular weight excluding hydrogens is 298 g/mol. The van der Waals surface area contributed by atoms with Crippen LogP contribution in [0.5, 0.6) is 0 Å². The molecule has 0 atom stereocenters. The van der Waals surface area contributed by atoms with Gasteiger partial charge in [0, 0.05) is 21.1 Å². The smallest absolute Gasteiger partial charge is 0.171 e. The molecule has 17 heavy (non-hydrogen) atoms. The largest absolute Gasteiger partial charge is 0.384 e. The quantitative estimate of drug-likeness (QED) is 0.937. The molecule has 0 aliphatic heterocycles. The lowest BCUT2D eigenvalue weighted by molar-refractivity contribution is 0.877. The predicted octanol–water partition coefficient (Wildman–Crippen LogP) is 3.81. The van der Waals surface area contributed by atoms with Gasteiger partial charge in [0.2, 0.25) is 0 Å². The first-order valence-corrected chi connectivity index (χ1v) is 7.11. The summed E-state index contributed by atoms with van der Waals surface area (Å²) in [6, 6.07) is 3.90. The number of anilines is 1. The van der Waals surface area contributed by atoms with E-state index in [0.29, 0.717) is 5.82 Å². The van der Waals surface area contributed by atoms with E-state index < -0.39 is 0 Å². The Balaban J connectivity index is 2.44. The third-order valence-corrected chi connectivity index (χ3v) is 4.52. The minimum Gasteiger partial charge on any atom is -0.384 e. The summed E-state index contributed by atoms with van der Waals surface area (Å²) >= 11 is 5.18. The molecule has 2 aromatic heterocycles. The number of nitrogen functional groups attached to an aromatic ring is 1. The van der Waals surface area contributed by atoms with Gasteiger partial charge in [0.05, 0.1) is 4.88 Å². The average molecular weight is 312 g/mol. The summed E-state index contributed by atoms with van der Waals surface area (Å²) in [5, 5.41) is 0. The molecule has 2 aromatic rings. The van der Waals surface area contributed by atoms with Crippen LogP contribution in [0.15, 0.2) is 16.6 Å². The first kappa shape index (κ1) is 12.5. The summed E-state index contributed by atoms with van der Waals surface area (Å²) in [6.07, 6.45) is 1.99. The standard InChI is InChI=1S/C12H14BrN3S/c1-3-4-8-5-11(14)16-12(15-8)10-6-9(13)7(2)17-10/h5-6H,3-4H2,1-2H3,(H2,14,15,16). The van der Waals surface area contributed by atoms with Gasteiger partial charge in [-0.2, -0.15) is 0 Å². The number of aryl methyl sites for hydroxylation is 2. The molecule has 0 spiro atoms. The highest BCUT2D eigenvalue weighted by Crippen LogP contribution is 2.32. The monoisotopic (exact) mass is 311 g/mol. The second kappa shape index (κ2) is 5.14. The molecule has 0 aromatic carbocycles. The van der Waals surface area contributed by atoms with Crippen LogP contribution in [0.4, 0.5) is 5.82 Å². The molecule has 2 N–H and O–H groups in total. The molecule has 0 radical (unpaired) electrons. The molecule has 2 heterocycles. The number of hydrogen-bond donors (Lipinski definition) is 1. The number of thiophene rings is 1. The zero-order valence-corrected chi connectivity index (χ0v) is 12.2. The van der Waals surface area contributed by atoms with Crippen molar-refractivity contribution in [3.8, 4) is 10.7 Å². The third-order valence-electron chi connectivity index (χ3n) is 2.38. The van der Waals surface area contributed by atoms with Gasteiger partial charge in [0.15, 0.2) is 5.82 Å². The highest BCUT2D eigenvalue weighted by Gasteiger charge is 2.09. The second-order valence-electron chi connectivity index (χ2n) is 3.87.